The first-order valence-corrected chi connectivity index (χ1v) is 11.4. The van der Waals surface area contributed by atoms with Gasteiger partial charge in [-0.05, 0) is 48.2 Å². The number of nitrogens with one attached hydrogen (secondary N) is 1. The van der Waals surface area contributed by atoms with Gasteiger partial charge in [0.25, 0.3) is 0 Å². The van der Waals surface area contributed by atoms with E-state index in [4.69, 9.17) is 5.11 Å². The number of urea groups is 1. The number of benzene rings is 1. The van der Waals surface area contributed by atoms with Crippen LogP contribution in [0.15, 0.2) is 47.5 Å². The van der Waals surface area contributed by atoms with Crippen LogP contribution in [0.4, 0.5) is 28.0 Å². The van der Waals surface area contributed by atoms with Gasteiger partial charge in [-0.15, -0.1) is 0 Å². The van der Waals surface area contributed by atoms with Crippen molar-refractivity contribution in [3.63, 3.8) is 0 Å². The molecule has 0 saturated carbocycles. The van der Waals surface area contributed by atoms with Crippen molar-refractivity contribution < 1.29 is 36.8 Å². The molecular formula is C21H21F4N3O4S. The number of nitrogens with zero attached hydrogens (tertiary/aromatic N) is 2. The number of alkyl halides is 3. The Hall–Kier alpha value is -2.96. The van der Waals surface area contributed by atoms with Crippen molar-refractivity contribution >= 4 is 32.7 Å². The third kappa shape index (κ3) is 5.34. The highest BCUT2D eigenvalue weighted by Gasteiger charge is 2.40. The molecule has 1 aliphatic heterocycles. The Morgan fingerprint density at radius 1 is 1.30 bits per heavy atom. The van der Waals surface area contributed by atoms with E-state index in [9.17, 15) is 31.7 Å². The zero-order chi connectivity index (χ0) is 24.4. The van der Waals surface area contributed by atoms with Crippen LogP contribution in [0.5, 0.6) is 0 Å². The van der Waals surface area contributed by atoms with E-state index in [1.165, 1.54) is 23.2 Å². The first-order valence-electron chi connectivity index (χ1n) is 9.67. The summed E-state index contributed by atoms with van der Waals surface area (Å²) < 4.78 is 64.8. The van der Waals surface area contributed by atoms with E-state index in [0.29, 0.717) is 12.0 Å². The van der Waals surface area contributed by atoms with Crippen LogP contribution < -0.4 is 5.32 Å². The summed E-state index contributed by atoms with van der Waals surface area (Å²) in [6.07, 6.45) is 1.96. The number of carbonyl (C=O) groups excluding carboxylic acids is 1. The lowest BCUT2D eigenvalue weighted by atomic mass is 10.0. The topological polar surface area (TPSA) is 103 Å². The predicted octanol–water partition coefficient (Wildman–Crippen LogP) is 3.16. The van der Waals surface area contributed by atoms with E-state index in [2.05, 4.69) is 16.2 Å². The van der Waals surface area contributed by atoms with Crippen molar-refractivity contribution in [3.8, 4) is 0 Å². The summed E-state index contributed by atoms with van der Waals surface area (Å²) >= 11 is 0. The molecule has 3 N–H and O–H groups in total. The van der Waals surface area contributed by atoms with Crippen molar-refractivity contribution in [2.75, 3.05) is 25.0 Å². The van der Waals surface area contributed by atoms with E-state index in [-0.39, 0.29) is 30.0 Å². The molecular weight excluding hydrogens is 466 g/mol. The summed E-state index contributed by atoms with van der Waals surface area (Å²) in [5.74, 6) is 2.11. The normalized spacial score (nSPS) is 17.2. The molecule has 0 aliphatic carbocycles. The molecule has 178 valence electrons. The average Bonchev–Trinajstić information content (AvgIpc) is 2.78. The Bertz CT molecular complexity index is 1170. The molecule has 0 bridgehead atoms. The summed E-state index contributed by atoms with van der Waals surface area (Å²) in [5.41, 5.74) is -3.97. The van der Waals surface area contributed by atoms with Gasteiger partial charge in [0.2, 0.25) is 0 Å². The molecule has 7 nitrogen and oxygen atoms in total. The molecule has 1 aromatic carbocycles. The Balaban J connectivity index is 1.65. The molecule has 1 unspecified atom stereocenters. The maximum absolute atomic E-state index is 14.4. The van der Waals surface area contributed by atoms with Crippen LogP contribution in [-0.2, 0) is 9.52 Å². The Labute approximate surface area is 187 Å². The van der Waals surface area contributed by atoms with Crippen LogP contribution in [0.25, 0.3) is 5.57 Å². The van der Waals surface area contributed by atoms with E-state index in [0.717, 1.165) is 18.2 Å². The lowest BCUT2D eigenvalue weighted by Crippen LogP contribution is -2.38. The minimum Gasteiger partial charge on any atom is -0.393 e. The molecule has 2 amide bonds. The van der Waals surface area contributed by atoms with Crippen molar-refractivity contribution in [1.29, 1.82) is 0 Å². The Morgan fingerprint density at radius 3 is 2.48 bits per heavy atom. The van der Waals surface area contributed by atoms with Crippen LogP contribution in [0, 0.1) is 5.82 Å². The van der Waals surface area contributed by atoms with Crippen LogP contribution >= 0.6 is 0 Å². The molecule has 0 saturated heterocycles. The first kappa shape index (κ1) is 24.7. The number of carbonyl (C=O) groups is 1. The highest BCUT2D eigenvalue weighted by molar-refractivity contribution is 8.01. The number of hydrogen-bond acceptors (Lipinski definition) is 5. The number of anilines is 1. The lowest BCUT2D eigenvalue weighted by Gasteiger charge is -2.27. The van der Waals surface area contributed by atoms with Crippen LogP contribution in [-0.4, -0.2) is 61.4 Å². The second kappa shape index (κ2) is 9.49. The summed E-state index contributed by atoms with van der Waals surface area (Å²) in [6.45, 7) is -0.187. The SMILES string of the molecule is C=S(=O)(c1ccc(NC(=O)N2CC=C(c3ncc([C@H](O)CO)cc3F)CC2)cc1)C(F)(F)F. The van der Waals surface area contributed by atoms with E-state index < -0.39 is 44.5 Å². The van der Waals surface area contributed by atoms with Crippen molar-refractivity contribution in [2.24, 2.45) is 0 Å². The van der Waals surface area contributed by atoms with Crippen LogP contribution in [0.2, 0.25) is 0 Å². The van der Waals surface area contributed by atoms with Gasteiger partial charge in [-0.3, -0.25) is 9.19 Å². The minimum atomic E-state index is -4.98. The number of aliphatic hydroxyl groups is 2. The van der Waals surface area contributed by atoms with Crippen molar-refractivity contribution in [1.82, 2.24) is 9.88 Å². The summed E-state index contributed by atoms with van der Waals surface area (Å²) in [6, 6.07) is 4.99. The highest BCUT2D eigenvalue weighted by Crippen LogP contribution is 2.31. The Morgan fingerprint density at radius 2 is 1.97 bits per heavy atom. The van der Waals surface area contributed by atoms with E-state index >= 15 is 0 Å². The second-order valence-electron chi connectivity index (χ2n) is 7.30. The highest BCUT2D eigenvalue weighted by atomic mass is 32.2. The maximum Gasteiger partial charge on any atom is 0.467 e. The molecule has 2 heterocycles. The predicted molar refractivity (Wildman–Crippen MR) is 115 cm³/mol. The molecule has 2 aromatic rings. The number of rotatable bonds is 5. The summed E-state index contributed by atoms with van der Waals surface area (Å²) in [7, 11) is -4.48. The van der Waals surface area contributed by atoms with Crippen molar-refractivity contribution in [2.45, 2.75) is 22.9 Å². The molecule has 33 heavy (non-hydrogen) atoms. The van der Waals surface area contributed by atoms with Crippen LogP contribution in [0.1, 0.15) is 23.8 Å². The molecule has 12 heteroatoms. The molecule has 2 atom stereocenters. The van der Waals surface area contributed by atoms with Gasteiger partial charge in [-0.2, -0.15) is 13.2 Å². The second-order valence-corrected chi connectivity index (χ2v) is 9.58. The lowest BCUT2D eigenvalue weighted by molar-refractivity contribution is -0.0392. The van der Waals surface area contributed by atoms with Gasteiger partial charge in [-0.25, -0.2) is 9.18 Å². The van der Waals surface area contributed by atoms with Crippen molar-refractivity contribution in [3.05, 3.63) is 59.7 Å². The standard InChI is InChI=1S/C21H21F4N3O4S/c1-33(32,21(23,24)25)16-4-2-15(3-5-16)27-20(31)28-8-6-13(7-9-28)19-17(22)10-14(11-26-19)18(30)12-29/h2-6,10-11,18,29-30H,1,7-9,12H2,(H,27,31)/t18-,33?/m1/s1. The summed E-state index contributed by atoms with van der Waals surface area (Å²) in [5, 5.41) is 21.1. The fourth-order valence-corrected chi connectivity index (χ4v) is 3.98. The van der Waals surface area contributed by atoms with Gasteiger partial charge in [0.15, 0.2) is 0 Å². The minimum absolute atomic E-state index is 0.0842. The quantitative estimate of drug-likeness (QED) is 0.444. The van der Waals surface area contributed by atoms with Gasteiger partial charge < -0.3 is 20.4 Å². The van der Waals surface area contributed by atoms with E-state index in [1.807, 2.05) is 0 Å². The van der Waals surface area contributed by atoms with Gasteiger partial charge >= 0.3 is 11.5 Å². The molecule has 0 spiro atoms. The monoisotopic (exact) mass is 487 g/mol. The Kier molecular flexibility index (Phi) is 7.10. The average molecular weight is 487 g/mol. The van der Waals surface area contributed by atoms with Gasteiger partial charge in [0, 0.05) is 35.4 Å². The smallest absolute Gasteiger partial charge is 0.393 e. The number of aromatic nitrogens is 1. The maximum atomic E-state index is 14.4. The molecule has 0 radical (unpaired) electrons. The third-order valence-electron chi connectivity index (χ3n) is 5.08. The number of aliphatic hydroxyl groups excluding tert-OH is 2. The van der Waals surface area contributed by atoms with Gasteiger partial charge in [0.1, 0.15) is 17.6 Å². The summed E-state index contributed by atoms with van der Waals surface area (Å²) in [4.78, 5) is 17.4. The molecule has 1 aromatic heterocycles. The van der Waals surface area contributed by atoms with Gasteiger partial charge in [0.05, 0.1) is 16.1 Å². The fourth-order valence-electron chi connectivity index (χ4n) is 3.14. The fraction of sp³-hybridized carbons (Fsp3) is 0.286. The zero-order valence-corrected chi connectivity index (χ0v) is 18.0. The molecule has 3 rings (SSSR count). The largest absolute Gasteiger partial charge is 0.467 e. The number of hydrogen-bond donors (Lipinski definition) is 3. The first-order chi connectivity index (χ1) is 15.4. The number of halogens is 4. The molecule has 0 fully saturated rings. The number of amides is 2. The third-order valence-corrected chi connectivity index (χ3v) is 6.86. The molecule has 1 aliphatic rings. The van der Waals surface area contributed by atoms with Gasteiger partial charge in [-0.1, -0.05) is 6.08 Å². The van der Waals surface area contributed by atoms with E-state index in [1.54, 1.807) is 6.08 Å². The zero-order valence-electron chi connectivity index (χ0n) is 17.2. The number of pyridine rings is 1. The van der Waals surface area contributed by atoms with Crippen LogP contribution in [0.3, 0.4) is 0 Å².